The Hall–Kier alpha value is -1.72. The van der Waals surface area contributed by atoms with Gasteiger partial charge in [0, 0.05) is 6.42 Å². The average molecular weight is 361 g/mol. The van der Waals surface area contributed by atoms with Gasteiger partial charge in [0.15, 0.2) is 12.6 Å². The average Bonchev–Trinajstić information content (AvgIpc) is 3.07. The minimum absolute atomic E-state index is 0.00517. The fourth-order valence-electron chi connectivity index (χ4n) is 2.85. The van der Waals surface area contributed by atoms with E-state index in [-0.39, 0.29) is 42.6 Å². The summed E-state index contributed by atoms with van der Waals surface area (Å²) in [6.45, 7) is -0.238. The molecule has 1 saturated heterocycles. The monoisotopic (exact) mass is 360 g/mol. The van der Waals surface area contributed by atoms with Crippen molar-refractivity contribution in [3.8, 4) is 0 Å². The molecule has 0 aromatic carbocycles. The van der Waals surface area contributed by atoms with Crippen LogP contribution in [0.15, 0.2) is 11.1 Å². The number of ether oxygens (including phenoxy) is 1. The summed E-state index contributed by atoms with van der Waals surface area (Å²) < 4.78 is 8.68. The van der Waals surface area contributed by atoms with Gasteiger partial charge < -0.3 is 25.8 Å². The second kappa shape index (κ2) is 6.65. The number of nitrogen functional groups attached to an aromatic ring is 1. The third kappa shape index (κ3) is 2.98. The number of fused-ring (bicyclic) bond motifs is 1. The maximum atomic E-state index is 12.2. The predicted molar refractivity (Wildman–Crippen MR) is 83.3 cm³/mol. The van der Waals surface area contributed by atoms with Crippen LogP contribution < -0.4 is 15.9 Å². The van der Waals surface area contributed by atoms with Gasteiger partial charge in [-0.15, -0.1) is 11.6 Å². The van der Waals surface area contributed by atoms with E-state index in [0.717, 1.165) is 0 Å². The summed E-state index contributed by atoms with van der Waals surface area (Å²) in [4.78, 5) is 18.8. The molecule has 0 amide bonds. The van der Waals surface area contributed by atoms with E-state index < -0.39 is 30.1 Å². The summed E-state index contributed by atoms with van der Waals surface area (Å²) in [6.07, 6.45) is -1.25. The van der Waals surface area contributed by atoms with Gasteiger partial charge in [-0.05, 0) is 0 Å². The minimum Gasteiger partial charge on any atom is -0.394 e. The first-order valence-electron chi connectivity index (χ1n) is 7.42. The number of nitrogens with one attached hydrogen (secondary N) is 1. The lowest BCUT2D eigenvalue weighted by Crippen LogP contribution is -2.39. The van der Waals surface area contributed by atoms with Crippen molar-refractivity contribution in [2.45, 2.75) is 37.5 Å². The predicted octanol–water partition coefficient (Wildman–Crippen LogP) is -2.17. The number of nitrogens with zero attached hydrogens (tertiary/aromatic N) is 3. The van der Waals surface area contributed by atoms with Crippen LogP contribution in [0.3, 0.4) is 0 Å². The van der Waals surface area contributed by atoms with E-state index in [1.165, 1.54) is 4.57 Å². The first-order chi connectivity index (χ1) is 11.4. The number of halogens is 1. The summed E-state index contributed by atoms with van der Waals surface area (Å²) in [5.74, 6) is -0.0558. The molecule has 2 aromatic rings. The molecule has 0 saturated carbocycles. The smallest absolute Gasteiger partial charge is 0.313 e. The van der Waals surface area contributed by atoms with Gasteiger partial charge in [-0.3, -0.25) is 14.3 Å². The topological polar surface area (TPSA) is 150 Å². The summed E-state index contributed by atoms with van der Waals surface area (Å²) in [5, 5.41) is 28.9. The van der Waals surface area contributed by atoms with Crippen molar-refractivity contribution in [3.63, 3.8) is 0 Å². The molecule has 1 aliphatic heterocycles. The number of imidazole rings is 1. The summed E-state index contributed by atoms with van der Waals surface area (Å²) in [6, 6.07) is 0. The second-order valence-electron chi connectivity index (χ2n) is 5.72. The van der Waals surface area contributed by atoms with E-state index in [4.69, 9.17) is 22.1 Å². The Balaban J connectivity index is 2.09. The van der Waals surface area contributed by atoms with Crippen LogP contribution in [-0.4, -0.2) is 60.7 Å². The molecule has 1 fully saturated rings. The zero-order chi connectivity index (χ0) is 17.4. The Labute approximate surface area is 141 Å². The Bertz CT molecular complexity index is 793. The van der Waals surface area contributed by atoms with Crippen LogP contribution in [0.2, 0.25) is 0 Å². The summed E-state index contributed by atoms with van der Waals surface area (Å²) in [7, 11) is 0. The highest BCUT2D eigenvalue weighted by Crippen LogP contribution is 2.25. The fourth-order valence-corrected chi connectivity index (χ4v) is 2.95. The molecule has 3 heterocycles. The van der Waals surface area contributed by atoms with Gasteiger partial charge in [-0.2, -0.15) is 0 Å². The molecule has 3 rings (SSSR count). The van der Waals surface area contributed by atoms with Gasteiger partial charge in [-0.25, -0.2) is 4.57 Å². The lowest BCUT2D eigenvalue weighted by Gasteiger charge is -2.10. The third-order valence-corrected chi connectivity index (χ3v) is 4.33. The van der Waals surface area contributed by atoms with Crippen LogP contribution in [0, 0.1) is 0 Å². The quantitative estimate of drug-likeness (QED) is 0.301. The Morgan fingerprint density at radius 1 is 1.62 bits per heavy atom. The zero-order valence-corrected chi connectivity index (χ0v) is 13.4. The SMILES string of the molecule is Nc1nc2c(c(=O)[nH]1)n(CC(O)CCl)c[n+]2[C@H]1C[C@H](O)[C@@H](CO)O1. The van der Waals surface area contributed by atoms with Gasteiger partial charge in [-0.1, -0.05) is 4.98 Å². The van der Waals surface area contributed by atoms with Crippen LogP contribution in [-0.2, 0) is 11.3 Å². The number of hydrogen-bond acceptors (Lipinski definition) is 7. The van der Waals surface area contributed by atoms with Crippen molar-refractivity contribution < 1.29 is 24.6 Å². The number of aliphatic hydroxyl groups excluding tert-OH is 3. The van der Waals surface area contributed by atoms with Gasteiger partial charge >= 0.3 is 5.65 Å². The highest BCUT2D eigenvalue weighted by molar-refractivity contribution is 6.18. The second-order valence-corrected chi connectivity index (χ2v) is 6.03. The standard InChI is InChI=1S/C13H18ClN5O5/c14-2-6(21)3-18-5-19(9-1-7(22)8(4-20)24-9)11-10(18)12(23)17-13(15)16-11/h5-9,20-22H,1-4H2,(H2-,15,16,17,23)/p+1/t6?,7-,8+,9+/m0/s1. The third-order valence-electron chi connectivity index (χ3n) is 3.97. The highest BCUT2D eigenvalue weighted by Gasteiger charge is 2.39. The van der Waals surface area contributed by atoms with Crippen LogP contribution in [0.25, 0.3) is 11.2 Å². The largest absolute Gasteiger partial charge is 0.394 e. The Kier molecular flexibility index (Phi) is 4.74. The molecule has 0 spiro atoms. The van der Waals surface area contributed by atoms with E-state index >= 15 is 0 Å². The van der Waals surface area contributed by atoms with Crippen molar-refractivity contribution in [2.24, 2.45) is 0 Å². The number of nitrogens with two attached hydrogens (primary N) is 1. The molecule has 1 aliphatic rings. The first-order valence-corrected chi connectivity index (χ1v) is 7.96. The molecule has 132 valence electrons. The molecule has 0 aliphatic carbocycles. The van der Waals surface area contributed by atoms with Gasteiger partial charge in [0.25, 0.3) is 11.5 Å². The highest BCUT2D eigenvalue weighted by atomic mass is 35.5. The van der Waals surface area contributed by atoms with Crippen LogP contribution >= 0.6 is 11.6 Å². The molecule has 0 bridgehead atoms. The number of hydrogen-bond donors (Lipinski definition) is 5. The summed E-state index contributed by atoms with van der Waals surface area (Å²) in [5.41, 5.74) is 5.62. The number of anilines is 1. The van der Waals surface area contributed by atoms with E-state index in [1.807, 2.05) is 0 Å². The minimum atomic E-state index is -0.854. The number of aromatic nitrogens is 4. The molecule has 0 radical (unpaired) electrons. The van der Waals surface area contributed by atoms with Crippen LogP contribution in [0.1, 0.15) is 12.6 Å². The molecule has 4 atom stereocenters. The van der Waals surface area contributed by atoms with Gasteiger partial charge in [0.05, 0.1) is 31.2 Å². The number of aromatic amines is 1. The van der Waals surface area contributed by atoms with Crippen molar-refractivity contribution in [3.05, 3.63) is 16.7 Å². The van der Waals surface area contributed by atoms with E-state index in [9.17, 15) is 20.1 Å². The fraction of sp³-hybridized carbons (Fsp3) is 0.615. The molecule has 2 aromatic heterocycles. The normalized spacial score (nSPS) is 25.4. The van der Waals surface area contributed by atoms with Crippen molar-refractivity contribution in [1.82, 2.24) is 14.5 Å². The number of rotatable bonds is 5. The lowest BCUT2D eigenvalue weighted by molar-refractivity contribution is -0.739. The Morgan fingerprint density at radius 2 is 2.38 bits per heavy atom. The van der Waals surface area contributed by atoms with Crippen molar-refractivity contribution in [1.29, 1.82) is 0 Å². The van der Waals surface area contributed by atoms with Crippen LogP contribution in [0.5, 0.6) is 0 Å². The van der Waals surface area contributed by atoms with E-state index in [0.29, 0.717) is 0 Å². The van der Waals surface area contributed by atoms with Crippen LogP contribution in [0.4, 0.5) is 5.95 Å². The molecular weight excluding hydrogens is 342 g/mol. The first kappa shape index (κ1) is 17.1. The zero-order valence-electron chi connectivity index (χ0n) is 12.7. The molecule has 6 N–H and O–H groups in total. The lowest BCUT2D eigenvalue weighted by atomic mass is 10.2. The molecule has 11 heteroatoms. The van der Waals surface area contributed by atoms with E-state index in [2.05, 4.69) is 9.97 Å². The van der Waals surface area contributed by atoms with Gasteiger partial charge in [0.2, 0.25) is 5.52 Å². The maximum Gasteiger partial charge on any atom is 0.313 e. The molecule has 1 unspecified atom stereocenters. The maximum absolute atomic E-state index is 12.2. The van der Waals surface area contributed by atoms with Gasteiger partial charge in [0.1, 0.15) is 6.10 Å². The Morgan fingerprint density at radius 3 is 3.00 bits per heavy atom. The van der Waals surface area contributed by atoms with Crippen molar-refractivity contribution >= 4 is 28.7 Å². The van der Waals surface area contributed by atoms with E-state index in [1.54, 1.807) is 10.9 Å². The molecule has 10 nitrogen and oxygen atoms in total. The van der Waals surface area contributed by atoms with Crippen molar-refractivity contribution in [2.75, 3.05) is 18.2 Å². The molecular formula is C13H19ClN5O5+. The number of aliphatic hydroxyl groups is 3. The number of alkyl halides is 1. The summed E-state index contributed by atoms with van der Waals surface area (Å²) >= 11 is 5.63. The molecule has 24 heavy (non-hydrogen) atoms. The number of H-pyrrole nitrogens is 1.